The van der Waals surface area contributed by atoms with Gasteiger partial charge in [0.1, 0.15) is 6.07 Å². The second-order valence-electron chi connectivity index (χ2n) is 4.45. The van der Waals surface area contributed by atoms with Crippen molar-refractivity contribution < 1.29 is 9.53 Å². The van der Waals surface area contributed by atoms with Crippen LogP contribution < -0.4 is 5.32 Å². The minimum Gasteiger partial charge on any atom is -0.383 e. The summed E-state index contributed by atoms with van der Waals surface area (Å²) in [6.07, 6.45) is 0. The smallest absolute Gasteiger partial charge is 0.252 e. The number of nitrogens with zero attached hydrogens (tertiary/aromatic N) is 1. The molecule has 0 radical (unpaired) electrons. The summed E-state index contributed by atoms with van der Waals surface area (Å²) in [7, 11) is 1.59. The van der Waals surface area contributed by atoms with Crippen molar-refractivity contribution in [2.24, 2.45) is 0 Å². The first-order chi connectivity index (χ1) is 10.8. The fourth-order valence-corrected chi connectivity index (χ4v) is 2.90. The maximum Gasteiger partial charge on any atom is 0.252 e. The molecule has 0 unspecified atom stereocenters. The van der Waals surface area contributed by atoms with Gasteiger partial charge in [-0.05, 0) is 24.3 Å². The molecule has 2 rings (SSSR count). The highest BCUT2D eigenvalue weighted by Crippen LogP contribution is 2.32. The van der Waals surface area contributed by atoms with Crippen LogP contribution in [0.1, 0.15) is 15.9 Å². The van der Waals surface area contributed by atoms with Gasteiger partial charge < -0.3 is 10.1 Å². The molecule has 0 atom stereocenters. The molecule has 0 saturated heterocycles. The fourth-order valence-electron chi connectivity index (χ4n) is 1.87. The van der Waals surface area contributed by atoms with Crippen molar-refractivity contribution in [1.82, 2.24) is 5.32 Å². The number of nitrogens with one attached hydrogen (secondary N) is 1. The van der Waals surface area contributed by atoms with Crippen molar-refractivity contribution in [2.75, 3.05) is 20.3 Å². The lowest BCUT2D eigenvalue weighted by Crippen LogP contribution is -2.27. The second kappa shape index (κ2) is 8.23. The van der Waals surface area contributed by atoms with Crippen molar-refractivity contribution >= 4 is 17.7 Å². The maximum atomic E-state index is 12.2. The van der Waals surface area contributed by atoms with Crippen LogP contribution in [0.3, 0.4) is 0 Å². The van der Waals surface area contributed by atoms with Gasteiger partial charge in [-0.15, -0.1) is 0 Å². The molecule has 0 heterocycles. The average molecular weight is 312 g/mol. The summed E-state index contributed by atoms with van der Waals surface area (Å²) < 4.78 is 4.93. The second-order valence-corrected chi connectivity index (χ2v) is 5.54. The van der Waals surface area contributed by atoms with E-state index < -0.39 is 0 Å². The number of hydrogen-bond acceptors (Lipinski definition) is 4. The van der Waals surface area contributed by atoms with Crippen molar-refractivity contribution in [3.8, 4) is 6.07 Å². The molecule has 0 fully saturated rings. The van der Waals surface area contributed by atoms with Crippen molar-refractivity contribution in [2.45, 2.75) is 9.79 Å². The highest BCUT2D eigenvalue weighted by molar-refractivity contribution is 7.99. The highest BCUT2D eigenvalue weighted by atomic mass is 32.2. The summed E-state index contributed by atoms with van der Waals surface area (Å²) in [5, 5.41) is 12.0. The molecule has 0 aliphatic rings. The van der Waals surface area contributed by atoms with Gasteiger partial charge in [0.15, 0.2) is 0 Å². The lowest BCUT2D eigenvalue weighted by molar-refractivity contribution is 0.0934. The first-order valence-corrected chi connectivity index (χ1v) is 7.61. The van der Waals surface area contributed by atoms with E-state index in [1.807, 2.05) is 36.4 Å². The number of amides is 1. The molecule has 0 aliphatic carbocycles. The van der Waals surface area contributed by atoms with Gasteiger partial charge in [0.05, 0.1) is 17.7 Å². The lowest BCUT2D eigenvalue weighted by Gasteiger charge is -2.10. The van der Waals surface area contributed by atoms with Crippen molar-refractivity contribution in [1.29, 1.82) is 5.26 Å². The summed E-state index contributed by atoms with van der Waals surface area (Å²) in [4.78, 5) is 13.9. The number of methoxy groups -OCH3 is 1. The normalized spacial score (nSPS) is 10.0. The van der Waals surface area contributed by atoms with E-state index in [0.29, 0.717) is 24.3 Å². The Kier molecular flexibility index (Phi) is 6.01. The Morgan fingerprint density at radius 2 is 1.86 bits per heavy atom. The summed E-state index contributed by atoms with van der Waals surface area (Å²) in [5.74, 6) is -0.144. The number of rotatable bonds is 6. The number of hydrogen-bond donors (Lipinski definition) is 1. The van der Waals surface area contributed by atoms with E-state index in [9.17, 15) is 4.79 Å². The summed E-state index contributed by atoms with van der Waals surface area (Å²) in [5.41, 5.74) is 1.19. The summed E-state index contributed by atoms with van der Waals surface area (Å²) in [6, 6.07) is 16.9. The van der Waals surface area contributed by atoms with Gasteiger partial charge in [-0.25, -0.2) is 0 Å². The Labute approximate surface area is 134 Å². The van der Waals surface area contributed by atoms with Gasteiger partial charge in [-0.2, -0.15) is 5.26 Å². The quantitative estimate of drug-likeness (QED) is 0.833. The van der Waals surface area contributed by atoms with E-state index in [2.05, 4.69) is 11.4 Å². The van der Waals surface area contributed by atoms with Gasteiger partial charge in [0.2, 0.25) is 0 Å². The zero-order valence-electron chi connectivity index (χ0n) is 12.2. The molecular weight excluding hydrogens is 296 g/mol. The molecule has 4 nitrogen and oxygen atoms in total. The Morgan fingerprint density at radius 1 is 1.18 bits per heavy atom. The zero-order valence-corrected chi connectivity index (χ0v) is 13.0. The van der Waals surface area contributed by atoms with E-state index >= 15 is 0 Å². The molecule has 1 amide bonds. The standard InChI is InChI=1S/C17H16N2O2S/c1-21-11-10-19-17(20)14-7-3-5-9-16(14)22-15-8-4-2-6-13(15)12-18/h2-9H,10-11H2,1H3,(H,19,20). The molecule has 0 aliphatic heterocycles. The minimum atomic E-state index is -0.144. The largest absolute Gasteiger partial charge is 0.383 e. The fraction of sp³-hybridized carbons (Fsp3) is 0.176. The maximum absolute atomic E-state index is 12.2. The molecule has 5 heteroatoms. The Balaban J connectivity index is 2.22. The van der Waals surface area contributed by atoms with Gasteiger partial charge in [0, 0.05) is 23.4 Å². The lowest BCUT2D eigenvalue weighted by atomic mass is 10.2. The molecule has 0 aromatic heterocycles. The third kappa shape index (κ3) is 4.10. The molecule has 0 spiro atoms. The number of carbonyl (C=O) groups is 1. The number of carbonyl (C=O) groups excluding carboxylic acids is 1. The van der Waals surface area contributed by atoms with Crippen LogP contribution in [0.2, 0.25) is 0 Å². The third-order valence-electron chi connectivity index (χ3n) is 2.95. The third-order valence-corrected chi connectivity index (χ3v) is 4.10. The Bertz CT molecular complexity index is 695. The van der Waals surface area contributed by atoms with Crippen LogP contribution in [0.15, 0.2) is 58.3 Å². The topological polar surface area (TPSA) is 62.1 Å². The summed E-state index contributed by atoms with van der Waals surface area (Å²) >= 11 is 1.42. The molecule has 2 aromatic carbocycles. The first-order valence-electron chi connectivity index (χ1n) is 6.79. The number of benzene rings is 2. The van der Waals surface area contributed by atoms with E-state index in [1.165, 1.54) is 11.8 Å². The molecule has 0 saturated carbocycles. The first kappa shape index (κ1) is 16.1. The summed E-state index contributed by atoms with van der Waals surface area (Å²) in [6.45, 7) is 0.932. The Hall–Kier alpha value is -2.29. The van der Waals surface area contributed by atoms with Gasteiger partial charge in [-0.3, -0.25) is 4.79 Å². The van der Waals surface area contributed by atoms with E-state index in [0.717, 1.165) is 9.79 Å². The molecule has 0 bridgehead atoms. The van der Waals surface area contributed by atoms with Crippen LogP contribution in [-0.2, 0) is 4.74 Å². The van der Waals surface area contributed by atoms with Gasteiger partial charge in [0.25, 0.3) is 5.91 Å². The minimum absolute atomic E-state index is 0.144. The number of ether oxygens (including phenoxy) is 1. The molecule has 1 N–H and O–H groups in total. The molecule has 2 aromatic rings. The van der Waals surface area contributed by atoms with Crippen LogP contribution in [0.4, 0.5) is 0 Å². The zero-order chi connectivity index (χ0) is 15.8. The van der Waals surface area contributed by atoms with E-state index in [4.69, 9.17) is 10.00 Å². The van der Waals surface area contributed by atoms with Gasteiger partial charge >= 0.3 is 0 Å². The van der Waals surface area contributed by atoms with Crippen LogP contribution in [0.5, 0.6) is 0 Å². The predicted octanol–water partition coefficient (Wildman–Crippen LogP) is 3.09. The monoisotopic (exact) mass is 312 g/mol. The van der Waals surface area contributed by atoms with Crippen LogP contribution in [-0.4, -0.2) is 26.2 Å². The molecule has 22 heavy (non-hydrogen) atoms. The SMILES string of the molecule is COCCNC(=O)c1ccccc1Sc1ccccc1C#N. The van der Waals surface area contributed by atoms with Crippen LogP contribution in [0, 0.1) is 11.3 Å². The van der Waals surface area contributed by atoms with Crippen molar-refractivity contribution in [3.05, 3.63) is 59.7 Å². The van der Waals surface area contributed by atoms with Gasteiger partial charge in [-0.1, -0.05) is 36.0 Å². The highest BCUT2D eigenvalue weighted by Gasteiger charge is 2.12. The molecular formula is C17H16N2O2S. The number of nitriles is 1. The van der Waals surface area contributed by atoms with Crippen LogP contribution >= 0.6 is 11.8 Å². The van der Waals surface area contributed by atoms with Crippen LogP contribution in [0.25, 0.3) is 0 Å². The van der Waals surface area contributed by atoms with E-state index in [1.54, 1.807) is 19.2 Å². The predicted molar refractivity (Wildman–Crippen MR) is 85.9 cm³/mol. The molecule has 112 valence electrons. The Morgan fingerprint density at radius 3 is 2.59 bits per heavy atom. The average Bonchev–Trinajstić information content (AvgIpc) is 2.56. The van der Waals surface area contributed by atoms with E-state index in [-0.39, 0.29) is 5.91 Å². The van der Waals surface area contributed by atoms with Crippen molar-refractivity contribution in [3.63, 3.8) is 0 Å².